The summed E-state index contributed by atoms with van der Waals surface area (Å²) in [4.78, 5) is 51.5. The fourth-order valence-electron chi connectivity index (χ4n) is 3.75. The van der Waals surface area contributed by atoms with Crippen molar-refractivity contribution in [2.45, 2.75) is 27.7 Å². The van der Waals surface area contributed by atoms with E-state index < -0.39 is 17.3 Å². The second-order valence-corrected chi connectivity index (χ2v) is 8.18. The van der Waals surface area contributed by atoms with Gasteiger partial charge in [-0.3, -0.25) is 28.6 Å². The van der Waals surface area contributed by atoms with E-state index in [9.17, 15) is 23.6 Å². The number of ether oxygens (including phenoxy) is 1. The van der Waals surface area contributed by atoms with Crippen LogP contribution in [-0.2, 0) is 16.6 Å². The Morgan fingerprint density at radius 1 is 1.08 bits per heavy atom. The Hall–Kier alpha value is -4.67. The smallest absolute Gasteiger partial charge is 0.257 e. The lowest BCUT2D eigenvalue weighted by molar-refractivity contribution is -0.122. The average molecular weight is 540 g/mol. The number of aromatic nitrogens is 1. The number of nitrogens with one attached hydrogen (secondary N) is 3. The number of halogens is 1. The molecule has 0 spiro atoms. The third-order valence-corrected chi connectivity index (χ3v) is 5.71. The molecule has 1 aromatic heterocycles. The number of anilines is 4. The van der Waals surface area contributed by atoms with Crippen LogP contribution in [0, 0.1) is 19.7 Å². The van der Waals surface area contributed by atoms with Gasteiger partial charge < -0.3 is 20.7 Å². The largest absolute Gasteiger partial charge is 0.484 e. The van der Waals surface area contributed by atoms with Crippen LogP contribution in [0.2, 0.25) is 0 Å². The topological polar surface area (TPSA) is 122 Å². The van der Waals surface area contributed by atoms with Gasteiger partial charge in [0.1, 0.15) is 22.9 Å². The van der Waals surface area contributed by atoms with E-state index in [1.165, 1.54) is 50.8 Å². The summed E-state index contributed by atoms with van der Waals surface area (Å²) in [6.45, 7) is 6.98. The zero-order valence-corrected chi connectivity index (χ0v) is 23.1. The number of rotatable bonds is 9. The summed E-state index contributed by atoms with van der Waals surface area (Å²) in [5, 5.41) is 7.83. The first-order chi connectivity index (χ1) is 18.6. The molecule has 0 fully saturated rings. The Bertz CT molecular complexity index is 1420. The highest BCUT2D eigenvalue weighted by Crippen LogP contribution is 2.36. The van der Waals surface area contributed by atoms with Crippen LogP contribution in [-0.4, -0.2) is 43.5 Å². The number of pyridine rings is 1. The molecule has 0 aliphatic rings. The van der Waals surface area contributed by atoms with Gasteiger partial charge in [-0.05, 0) is 43.7 Å². The van der Waals surface area contributed by atoms with Crippen molar-refractivity contribution in [2.75, 3.05) is 30.9 Å². The molecular weight excluding hydrogens is 505 g/mol. The summed E-state index contributed by atoms with van der Waals surface area (Å²) in [7, 11) is 4.32. The predicted molar refractivity (Wildman–Crippen MR) is 150 cm³/mol. The maximum absolute atomic E-state index is 14.7. The molecule has 1 heterocycles. The molecule has 3 aromatic rings. The minimum absolute atomic E-state index is 0.00780. The zero-order valence-electron chi connectivity index (χ0n) is 23.1. The van der Waals surface area contributed by atoms with Crippen LogP contribution in [0.5, 0.6) is 5.75 Å². The van der Waals surface area contributed by atoms with E-state index in [1.54, 1.807) is 31.2 Å². The zero-order chi connectivity index (χ0) is 29.3. The Kier molecular flexibility index (Phi) is 10.8. The van der Waals surface area contributed by atoms with Crippen molar-refractivity contribution in [3.63, 3.8) is 0 Å². The Morgan fingerprint density at radius 3 is 2.36 bits per heavy atom. The predicted octanol–water partition coefficient (Wildman–Crippen LogP) is 3.69. The van der Waals surface area contributed by atoms with Crippen LogP contribution in [0.1, 0.15) is 35.3 Å². The fraction of sp³-hybridized carbons (Fsp3) is 0.286. The molecule has 0 radical (unpaired) electrons. The molecule has 0 bridgehead atoms. The average Bonchev–Trinajstić information content (AvgIpc) is 2.95. The van der Waals surface area contributed by atoms with Crippen LogP contribution >= 0.6 is 0 Å². The summed E-state index contributed by atoms with van der Waals surface area (Å²) in [6.07, 6.45) is 0.461. The molecular formula is C28H34FN5O5. The SMILES string of the molecule is CC.CNC(=O)COc1cccc(N(C=O)c2c(C(=O)NC)c(Nc3ccc(C)cc3F)n(C)c(=O)c2C)c1. The molecule has 0 unspecified atom stereocenters. The molecule has 11 heteroatoms. The van der Waals surface area contributed by atoms with Crippen molar-refractivity contribution in [1.29, 1.82) is 0 Å². The molecule has 0 aliphatic heterocycles. The molecule has 2 aromatic carbocycles. The van der Waals surface area contributed by atoms with Crippen molar-refractivity contribution in [1.82, 2.24) is 15.2 Å². The van der Waals surface area contributed by atoms with Crippen molar-refractivity contribution < 1.29 is 23.5 Å². The van der Waals surface area contributed by atoms with E-state index in [-0.39, 0.29) is 52.3 Å². The standard InChI is InChI=1S/C26H28FN5O5.C2H6/c1-15-9-10-20(19(27)11-15)30-24-22(25(35)29-4)23(16(2)26(36)31(24)5)32(14-33)17-7-6-8-18(12-17)37-13-21(34)28-3;1-2/h6-12,14,30H,13H2,1-5H3,(H,28,34)(H,29,35);1-2H3. The minimum atomic E-state index is -0.609. The molecule has 0 atom stereocenters. The molecule has 0 aliphatic carbocycles. The maximum atomic E-state index is 14.7. The van der Waals surface area contributed by atoms with Crippen LogP contribution in [0.4, 0.5) is 27.3 Å². The van der Waals surface area contributed by atoms with Crippen molar-refractivity contribution in [2.24, 2.45) is 7.05 Å². The molecule has 3 rings (SSSR count). The number of nitrogens with zero attached hydrogens (tertiary/aromatic N) is 2. The van der Waals surface area contributed by atoms with E-state index in [4.69, 9.17) is 4.74 Å². The number of likely N-dealkylation sites (N-methyl/N-ethyl adjacent to an activating group) is 1. The van der Waals surface area contributed by atoms with Crippen molar-refractivity contribution in [3.05, 3.63) is 75.3 Å². The Balaban J connectivity index is 0.00000260. The maximum Gasteiger partial charge on any atom is 0.257 e. The van der Waals surface area contributed by atoms with Gasteiger partial charge in [-0.2, -0.15) is 0 Å². The van der Waals surface area contributed by atoms with E-state index in [1.807, 2.05) is 13.8 Å². The van der Waals surface area contributed by atoms with Gasteiger partial charge in [0, 0.05) is 32.8 Å². The highest BCUT2D eigenvalue weighted by atomic mass is 19.1. The molecule has 0 saturated heterocycles. The van der Waals surface area contributed by atoms with Crippen LogP contribution in [0.15, 0.2) is 47.3 Å². The minimum Gasteiger partial charge on any atom is -0.484 e. The highest BCUT2D eigenvalue weighted by Gasteiger charge is 2.28. The van der Waals surface area contributed by atoms with Gasteiger partial charge in [-0.15, -0.1) is 0 Å². The van der Waals surface area contributed by atoms with E-state index >= 15 is 0 Å². The van der Waals surface area contributed by atoms with Gasteiger partial charge in [-0.25, -0.2) is 4.39 Å². The third-order valence-electron chi connectivity index (χ3n) is 5.71. The number of hydrogen-bond acceptors (Lipinski definition) is 6. The number of amides is 3. The van der Waals surface area contributed by atoms with Gasteiger partial charge in [0.2, 0.25) is 6.41 Å². The lowest BCUT2D eigenvalue weighted by Crippen LogP contribution is -2.33. The summed E-state index contributed by atoms with van der Waals surface area (Å²) >= 11 is 0. The van der Waals surface area contributed by atoms with Gasteiger partial charge >= 0.3 is 0 Å². The second-order valence-electron chi connectivity index (χ2n) is 8.18. The van der Waals surface area contributed by atoms with Crippen LogP contribution < -0.4 is 31.1 Å². The molecule has 208 valence electrons. The lowest BCUT2D eigenvalue weighted by Gasteiger charge is -2.26. The third kappa shape index (κ3) is 6.81. The number of carbonyl (C=O) groups excluding carboxylic acids is 3. The van der Waals surface area contributed by atoms with Gasteiger partial charge in [0.15, 0.2) is 6.61 Å². The Labute approximate surface area is 226 Å². The van der Waals surface area contributed by atoms with E-state index in [0.717, 1.165) is 4.90 Å². The molecule has 0 saturated carbocycles. The first-order valence-corrected chi connectivity index (χ1v) is 12.3. The van der Waals surface area contributed by atoms with Gasteiger partial charge in [-0.1, -0.05) is 26.0 Å². The van der Waals surface area contributed by atoms with Gasteiger partial charge in [0.05, 0.1) is 17.1 Å². The van der Waals surface area contributed by atoms with E-state index in [0.29, 0.717) is 12.0 Å². The van der Waals surface area contributed by atoms with Crippen molar-refractivity contribution in [3.8, 4) is 5.75 Å². The van der Waals surface area contributed by atoms with Crippen molar-refractivity contribution >= 4 is 41.1 Å². The summed E-state index contributed by atoms with van der Waals surface area (Å²) in [5.41, 5.74) is 0.582. The van der Waals surface area contributed by atoms with Crippen LogP contribution in [0.25, 0.3) is 0 Å². The number of hydrogen-bond donors (Lipinski definition) is 3. The fourth-order valence-corrected chi connectivity index (χ4v) is 3.75. The first kappa shape index (κ1) is 30.6. The monoisotopic (exact) mass is 539 g/mol. The molecule has 3 amide bonds. The normalized spacial score (nSPS) is 10.1. The van der Waals surface area contributed by atoms with Gasteiger partial charge in [0.25, 0.3) is 17.4 Å². The highest BCUT2D eigenvalue weighted by molar-refractivity contribution is 6.08. The number of benzene rings is 2. The van der Waals surface area contributed by atoms with E-state index in [2.05, 4.69) is 16.0 Å². The lowest BCUT2D eigenvalue weighted by atomic mass is 10.1. The number of aryl methyl sites for hydroxylation is 1. The Morgan fingerprint density at radius 2 is 1.77 bits per heavy atom. The summed E-state index contributed by atoms with van der Waals surface area (Å²) in [6, 6.07) is 10.8. The molecule has 10 nitrogen and oxygen atoms in total. The molecule has 3 N–H and O–H groups in total. The number of carbonyl (C=O) groups is 3. The van der Waals surface area contributed by atoms with Crippen LogP contribution in [0.3, 0.4) is 0 Å². The summed E-state index contributed by atoms with van der Waals surface area (Å²) < 4.78 is 21.4. The summed E-state index contributed by atoms with van der Waals surface area (Å²) in [5.74, 6) is -1.25. The molecule has 39 heavy (non-hydrogen) atoms. The first-order valence-electron chi connectivity index (χ1n) is 12.3. The quantitative estimate of drug-likeness (QED) is 0.357. The second kappa shape index (κ2) is 13.8.